The van der Waals surface area contributed by atoms with E-state index in [0.717, 1.165) is 33.2 Å². The average Bonchev–Trinajstić information content (AvgIpc) is 3.06. The third-order valence-corrected chi connectivity index (χ3v) is 5.30. The molecule has 1 aromatic heterocycles. The number of imidazole rings is 1. The molecule has 0 unspecified atom stereocenters. The van der Waals surface area contributed by atoms with Crippen molar-refractivity contribution >= 4 is 22.6 Å². The molecule has 0 bridgehead atoms. The summed E-state index contributed by atoms with van der Waals surface area (Å²) in [5.74, 6) is 2.24. The van der Waals surface area contributed by atoms with Crippen molar-refractivity contribution in [2.24, 2.45) is 0 Å². The molecule has 28 heavy (non-hydrogen) atoms. The Morgan fingerprint density at radius 2 is 1.64 bits per heavy atom. The van der Waals surface area contributed by atoms with Gasteiger partial charge in [0.2, 0.25) is 0 Å². The fourth-order valence-corrected chi connectivity index (χ4v) is 3.50. The molecule has 0 N–H and O–H groups in total. The zero-order valence-corrected chi connectivity index (χ0v) is 16.9. The van der Waals surface area contributed by atoms with Gasteiger partial charge in [0.15, 0.2) is 0 Å². The first-order valence-corrected chi connectivity index (χ1v) is 9.90. The number of benzene rings is 3. The van der Waals surface area contributed by atoms with Gasteiger partial charge in [-0.2, -0.15) is 0 Å². The van der Waals surface area contributed by atoms with E-state index in [1.165, 1.54) is 5.56 Å². The van der Waals surface area contributed by atoms with Crippen LogP contribution >= 0.6 is 11.6 Å². The summed E-state index contributed by atoms with van der Waals surface area (Å²) in [6.07, 6.45) is 0. The number of rotatable bonds is 6. The second-order valence-electron chi connectivity index (χ2n) is 7.21. The number of aromatic nitrogens is 2. The fraction of sp³-hybridized carbons (Fsp3) is 0.208. The summed E-state index contributed by atoms with van der Waals surface area (Å²) in [4.78, 5) is 4.79. The summed E-state index contributed by atoms with van der Waals surface area (Å²) in [5, 5.41) is 0.761. The number of hydrogen-bond acceptors (Lipinski definition) is 2. The molecule has 4 heteroatoms. The highest BCUT2D eigenvalue weighted by molar-refractivity contribution is 6.31. The molecule has 1 heterocycles. The number of para-hydroxylation sites is 2. The minimum atomic E-state index is 0.403. The van der Waals surface area contributed by atoms with Gasteiger partial charge in [-0.15, -0.1) is 0 Å². The van der Waals surface area contributed by atoms with Crippen molar-refractivity contribution in [2.75, 3.05) is 0 Å². The molecule has 0 amide bonds. The first-order valence-electron chi connectivity index (χ1n) is 9.52. The maximum Gasteiger partial charge on any atom is 0.148 e. The van der Waals surface area contributed by atoms with E-state index in [9.17, 15) is 0 Å². The lowest BCUT2D eigenvalue weighted by molar-refractivity contribution is 0.291. The lowest BCUT2D eigenvalue weighted by Crippen LogP contribution is -2.08. The topological polar surface area (TPSA) is 27.1 Å². The zero-order valence-electron chi connectivity index (χ0n) is 16.1. The summed E-state index contributed by atoms with van der Waals surface area (Å²) in [6.45, 7) is 5.44. The van der Waals surface area contributed by atoms with Gasteiger partial charge in [0.05, 0.1) is 17.6 Å². The molecule has 3 nitrogen and oxygen atoms in total. The molecule has 3 aromatic carbocycles. The van der Waals surface area contributed by atoms with Crippen LogP contribution in [0.2, 0.25) is 5.02 Å². The Kier molecular flexibility index (Phi) is 5.36. The van der Waals surface area contributed by atoms with E-state index >= 15 is 0 Å². The van der Waals surface area contributed by atoms with Gasteiger partial charge < -0.3 is 9.30 Å². The number of nitrogens with zero attached hydrogens (tertiary/aromatic N) is 2. The number of hydrogen-bond donors (Lipinski definition) is 0. The molecule has 4 rings (SSSR count). The lowest BCUT2D eigenvalue weighted by atomic mass is 10.0. The minimum absolute atomic E-state index is 0.403. The van der Waals surface area contributed by atoms with Crippen molar-refractivity contribution in [2.45, 2.75) is 32.9 Å². The SMILES string of the molecule is CC(C)c1ccc(OCc2nc3ccccc3n2Cc2ccccc2Cl)cc1. The average molecular weight is 391 g/mol. The predicted molar refractivity (Wildman–Crippen MR) is 115 cm³/mol. The van der Waals surface area contributed by atoms with Gasteiger partial charge in [0, 0.05) is 5.02 Å². The minimum Gasteiger partial charge on any atom is -0.486 e. The van der Waals surface area contributed by atoms with Gasteiger partial charge in [-0.3, -0.25) is 0 Å². The van der Waals surface area contributed by atoms with Gasteiger partial charge in [0.25, 0.3) is 0 Å². The Morgan fingerprint density at radius 3 is 2.39 bits per heavy atom. The second kappa shape index (κ2) is 8.07. The Labute approximate surface area is 170 Å². The number of fused-ring (bicyclic) bond motifs is 1. The van der Waals surface area contributed by atoms with Crippen LogP contribution in [0.15, 0.2) is 72.8 Å². The largest absolute Gasteiger partial charge is 0.486 e. The zero-order chi connectivity index (χ0) is 19.5. The lowest BCUT2D eigenvalue weighted by Gasteiger charge is -2.12. The van der Waals surface area contributed by atoms with Crippen molar-refractivity contribution in [3.05, 3.63) is 94.8 Å². The Morgan fingerprint density at radius 1 is 0.929 bits per heavy atom. The van der Waals surface area contributed by atoms with E-state index in [-0.39, 0.29) is 0 Å². The van der Waals surface area contributed by atoms with E-state index in [4.69, 9.17) is 21.3 Å². The van der Waals surface area contributed by atoms with Crippen LogP contribution in [0.25, 0.3) is 11.0 Å². The first-order chi connectivity index (χ1) is 13.6. The van der Waals surface area contributed by atoms with Crippen molar-refractivity contribution in [1.29, 1.82) is 0 Å². The van der Waals surface area contributed by atoms with E-state index in [1.54, 1.807) is 0 Å². The maximum atomic E-state index is 6.39. The third kappa shape index (κ3) is 3.90. The Balaban J connectivity index is 1.62. The molecule has 0 aliphatic carbocycles. The Hall–Kier alpha value is -2.78. The quantitative estimate of drug-likeness (QED) is 0.378. The van der Waals surface area contributed by atoms with Crippen molar-refractivity contribution in [1.82, 2.24) is 9.55 Å². The molecule has 0 saturated carbocycles. The van der Waals surface area contributed by atoms with Crippen LogP contribution in [0.1, 0.15) is 36.7 Å². The number of halogens is 1. The molecule has 0 fully saturated rings. The van der Waals surface area contributed by atoms with E-state index in [2.05, 4.69) is 36.6 Å². The molecule has 142 valence electrons. The molecule has 0 aliphatic rings. The van der Waals surface area contributed by atoms with Crippen molar-refractivity contribution < 1.29 is 4.74 Å². The first kappa shape index (κ1) is 18.6. The van der Waals surface area contributed by atoms with E-state index < -0.39 is 0 Å². The molecule has 0 saturated heterocycles. The maximum absolute atomic E-state index is 6.39. The van der Waals surface area contributed by atoms with Crippen LogP contribution in [0.3, 0.4) is 0 Å². The molecule has 4 aromatic rings. The van der Waals surface area contributed by atoms with Gasteiger partial charge in [-0.1, -0.05) is 67.9 Å². The van der Waals surface area contributed by atoms with Crippen LogP contribution in [-0.4, -0.2) is 9.55 Å². The van der Waals surface area contributed by atoms with Gasteiger partial charge in [-0.05, 0) is 47.4 Å². The van der Waals surface area contributed by atoms with Gasteiger partial charge in [-0.25, -0.2) is 4.98 Å². The van der Waals surface area contributed by atoms with Crippen molar-refractivity contribution in [3.8, 4) is 5.75 Å². The highest BCUT2D eigenvalue weighted by Crippen LogP contribution is 2.24. The van der Waals surface area contributed by atoms with Crippen molar-refractivity contribution in [3.63, 3.8) is 0 Å². The number of ether oxygens (including phenoxy) is 1. The molecule has 0 atom stereocenters. The highest BCUT2D eigenvalue weighted by Gasteiger charge is 2.13. The summed E-state index contributed by atoms with van der Waals surface area (Å²) in [7, 11) is 0. The normalized spacial score (nSPS) is 11.3. The summed E-state index contributed by atoms with van der Waals surface area (Å²) >= 11 is 6.39. The van der Waals surface area contributed by atoms with Crippen LogP contribution in [-0.2, 0) is 13.2 Å². The monoisotopic (exact) mass is 390 g/mol. The van der Waals surface area contributed by atoms with Gasteiger partial charge >= 0.3 is 0 Å². The summed E-state index contributed by atoms with van der Waals surface area (Å²) in [6, 6.07) is 24.4. The van der Waals surface area contributed by atoms with Crippen LogP contribution in [0, 0.1) is 0 Å². The second-order valence-corrected chi connectivity index (χ2v) is 7.61. The smallest absolute Gasteiger partial charge is 0.148 e. The van der Waals surface area contributed by atoms with Gasteiger partial charge in [0.1, 0.15) is 18.2 Å². The highest BCUT2D eigenvalue weighted by atomic mass is 35.5. The summed E-state index contributed by atoms with van der Waals surface area (Å²) in [5.41, 5.74) is 4.41. The molecule has 0 radical (unpaired) electrons. The standard InChI is InChI=1S/C24H23ClN2O/c1-17(2)18-11-13-20(14-12-18)28-16-24-26-22-9-5-6-10-23(22)27(24)15-19-7-3-4-8-21(19)25/h3-14,17H,15-16H2,1-2H3. The van der Waals surface area contributed by atoms with Crippen LogP contribution in [0.4, 0.5) is 0 Å². The van der Waals surface area contributed by atoms with E-state index in [1.807, 2.05) is 54.6 Å². The summed E-state index contributed by atoms with van der Waals surface area (Å²) < 4.78 is 8.23. The Bertz CT molecular complexity index is 1080. The molecule has 0 aliphatic heterocycles. The van der Waals surface area contributed by atoms with E-state index in [0.29, 0.717) is 19.1 Å². The molecular formula is C24H23ClN2O. The molecule has 0 spiro atoms. The van der Waals surface area contributed by atoms with Crippen LogP contribution < -0.4 is 4.74 Å². The molecular weight excluding hydrogens is 368 g/mol. The van der Waals surface area contributed by atoms with Crippen LogP contribution in [0.5, 0.6) is 5.75 Å². The fourth-order valence-electron chi connectivity index (χ4n) is 3.31. The third-order valence-electron chi connectivity index (χ3n) is 4.93. The predicted octanol–water partition coefficient (Wildman–Crippen LogP) is 6.44.